The smallest absolute Gasteiger partial charge is 0.472 e. The molecule has 31 heavy (non-hydrogen) atoms. The molecule has 2 amide bonds. The van der Waals surface area contributed by atoms with E-state index < -0.39 is 18.0 Å². The first kappa shape index (κ1) is 22.6. The Morgan fingerprint density at radius 2 is 1.77 bits per heavy atom. The van der Waals surface area contributed by atoms with E-state index in [4.69, 9.17) is 4.74 Å². The van der Waals surface area contributed by atoms with E-state index in [1.165, 1.54) is 17.6 Å². The highest BCUT2D eigenvalue weighted by atomic mass is 19.4. The molecule has 2 aromatic carbocycles. The molecule has 3 rings (SSSR count). The predicted molar refractivity (Wildman–Crippen MR) is 107 cm³/mol. The molecule has 2 aromatic rings. The number of ether oxygens (including phenoxy) is 1. The van der Waals surface area contributed by atoms with Crippen molar-refractivity contribution in [3.8, 4) is 5.75 Å². The second-order valence-corrected chi connectivity index (χ2v) is 7.07. The monoisotopic (exact) mass is 436 g/mol. The number of amides is 2. The third-order valence-corrected chi connectivity index (χ3v) is 5.00. The van der Waals surface area contributed by atoms with Gasteiger partial charge in [-0.1, -0.05) is 24.3 Å². The zero-order chi connectivity index (χ0) is 22.4. The Morgan fingerprint density at radius 1 is 1.10 bits per heavy atom. The average molecular weight is 436 g/mol. The molecule has 1 saturated heterocycles. The van der Waals surface area contributed by atoms with E-state index in [0.29, 0.717) is 6.54 Å². The number of nitrogens with one attached hydrogen (secondary N) is 3. The molecule has 0 aliphatic carbocycles. The number of nitrogens with zero attached hydrogens (tertiary/aromatic N) is 1. The fourth-order valence-corrected chi connectivity index (χ4v) is 3.34. The van der Waals surface area contributed by atoms with Crippen molar-refractivity contribution < 1.29 is 27.5 Å². The normalized spacial score (nSPS) is 17.1. The van der Waals surface area contributed by atoms with Crippen LogP contribution in [0.3, 0.4) is 0 Å². The summed E-state index contributed by atoms with van der Waals surface area (Å²) >= 11 is 0. The van der Waals surface area contributed by atoms with Gasteiger partial charge in [0.05, 0.1) is 7.11 Å². The Hall–Kier alpha value is -3.11. The minimum absolute atomic E-state index is 0.137. The van der Waals surface area contributed by atoms with E-state index in [9.17, 15) is 22.8 Å². The number of halogens is 3. The third kappa shape index (κ3) is 5.96. The van der Waals surface area contributed by atoms with Gasteiger partial charge < -0.3 is 10.1 Å². The lowest BCUT2D eigenvalue weighted by atomic mass is 10.0. The van der Waals surface area contributed by atoms with Gasteiger partial charge in [0.25, 0.3) is 5.91 Å². The molecular weight excluding hydrogens is 413 g/mol. The van der Waals surface area contributed by atoms with E-state index in [1.807, 2.05) is 24.3 Å². The Labute approximate surface area is 177 Å². The Balaban J connectivity index is 1.62. The summed E-state index contributed by atoms with van der Waals surface area (Å²) in [6, 6.07) is 14.6. The molecule has 3 N–H and O–H groups in total. The first-order chi connectivity index (χ1) is 14.8. The van der Waals surface area contributed by atoms with Crippen molar-refractivity contribution in [3.63, 3.8) is 0 Å². The minimum atomic E-state index is -5.07. The van der Waals surface area contributed by atoms with Crippen molar-refractivity contribution >= 4 is 11.8 Å². The van der Waals surface area contributed by atoms with Crippen LogP contribution in [0.15, 0.2) is 48.5 Å². The molecule has 0 aromatic heterocycles. The van der Waals surface area contributed by atoms with Gasteiger partial charge in [-0.15, -0.1) is 0 Å². The van der Waals surface area contributed by atoms with Crippen LogP contribution in [-0.2, 0) is 11.3 Å². The molecule has 0 bridgehead atoms. The van der Waals surface area contributed by atoms with Crippen LogP contribution >= 0.6 is 0 Å². The summed E-state index contributed by atoms with van der Waals surface area (Å²) in [5.74, 6) is -2.28. The maximum Gasteiger partial charge on any atom is 0.472 e. The molecule has 1 heterocycles. The van der Waals surface area contributed by atoms with Crippen molar-refractivity contribution in [2.75, 3.05) is 26.7 Å². The van der Waals surface area contributed by atoms with Crippen molar-refractivity contribution in [3.05, 3.63) is 65.2 Å². The predicted octanol–water partition coefficient (Wildman–Crippen LogP) is 2.16. The zero-order valence-electron chi connectivity index (χ0n) is 16.8. The van der Waals surface area contributed by atoms with Crippen LogP contribution in [-0.4, -0.2) is 49.6 Å². The first-order valence-corrected chi connectivity index (χ1v) is 9.63. The van der Waals surface area contributed by atoms with Crippen molar-refractivity contribution in [1.82, 2.24) is 21.1 Å². The zero-order valence-corrected chi connectivity index (χ0v) is 16.8. The molecule has 1 aliphatic rings. The van der Waals surface area contributed by atoms with E-state index in [-0.39, 0.29) is 11.6 Å². The molecule has 0 saturated carbocycles. The van der Waals surface area contributed by atoms with Gasteiger partial charge in [-0.2, -0.15) is 13.2 Å². The lowest BCUT2D eigenvalue weighted by molar-refractivity contribution is -0.174. The van der Waals surface area contributed by atoms with Gasteiger partial charge in [0.15, 0.2) is 0 Å². The standard InChI is InChI=1S/C21H23F3N4O3/c1-31-17-8-6-15(7-9-17)18-12-25-10-11-28(18)13-14-2-4-16(5-3-14)19(29)26-27-20(30)21(22,23)24/h2-9,18,25H,10-13H2,1H3,(H,26,29)(H,27,30). The maximum absolute atomic E-state index is 12.2. The summed E-state index contributed by atoms with van der Waals surface area (Å²) in [7, 11) is 1.62. The second-order valence-electron chi connectivity index (χ2n) is 7.07. The quantitative estimate of drug-likeness (QED) is 0.626. The highest BCUT2D eigenvalue weighted by molar-refractivity contribution is 5.95. The van der Waals surface area contributed by atoms with Crippen LogP contribution in [0.25, 0.3) is 0 Å². The van der Waals surface area contributed by atoms with Crippen molar-refractivity contribution in [2.45, 2.75) is 18.8 Å². The van der Waals surface area contributed by atoms with Crippen molar-refractivity contribution in [1.29, 1.82) is 0 Å². The molecule has 1 aliphatic heterocycles. The lowest BCUT2D eigenvalue weighted by Gasteiger charge is -2.36. The topological polar surface area (TPSA) is 82.7 Å². The SMILES string of the molecule is COc1ccc(C2CNCCN2Cc2ccc(C(=O)NNC(=O)C(F)(F)F)cc2)cc1. The fraction of sp³-hybridized carbons (Fsp3) is 0.333. The van der Waals surface area contributed by atoms with Crippen LogP contribution in [0.2, 0.25) is 0 Å². The van der Waals surface area contributed by atoms with Gasteiger partial charge in [0.1, 0.15) is 5.75 Å². The average Bonchev–Trinajstić information content (AvgIpc) is 2.77. The van der Waals surface area contributed by atoms with Crippen LogP contribution in [0.1, 0.15) is 27.5 Å². The highest BCUT2D eigenvalue weighted by Crippen LogP contribution is 2.26. The second kappa shape index (κ2) is 9.80. The summed E-state index contributed by atoms with van der Waals surface area (Å²) < 4.78 is 41.8. The summed E-state index contributed by atoms with van der Waals surface area (Å²) in [5.41, 5.74) is 5.35. The molecule has 1 unspecified atom stereocenters. The van der Waals surface area contributed by atoms with Gasteiger partial charge in [-0.25, -0.2) is 0 Å². The molecule has 166 valence electrons. The Morgan fingerprint density at radius 3 is 2.39 bits per heavy atom. The van der Waals surface area contributed by atoms with E-state index >= 15 is 0 Å². The van der Waals surface area contributed by atoms with Crippen LogP contribution < -0.4 is 20.9 Å². The molecule has 0 radical (unpaired) electrons. The molecular formula is C21H23F3N4O3. The van der Waals surface area contributed by atoms with E-state index in [2.05, 4.69) is 10.2 Å². The highest BCUT2D eigenvalue weighted by Gasteiger charge is 2.39. The summed E-state index contributed by atoms with van der Waals surface area (Å²) in [4.78, 5) is 25.1. The van der Waals surface area contributed by atoms with Crippen molar-refractivity contribution in [2.24, 2.45) is 0 Å². The molecule has 7 nitrogen and oxygen atoms in total. The molecule has 10 heteroatoms. The van der Waals surface area contributed by atoms with E-state index in [1.54, 1.807) is 24.7 Å². The number of hydrogen-bond donors (Lipinski definition) is 3. The summed E-state index contributed by atoms with van der Waals surface area (Å²) in [6.07, 6.45) is -5.07. The number of rotatable bonds is 5. The molecule has 1 fully saturated rings. The van der Waals surface area contributed by atoms with Gasteiger partial charge >= 0.3 is 12.1 Å². The maximum atomic E-state index is 12.2. The van der Waals surface area contributed by atoms with Crippen LogP contribution in [0.4, 0.5) is 13.2 Å². The summed E-state index contributed by atoms with van der Waals surface area (Å²) in [5, 5.41) is 3.40. The third-order valence-electron chi connectivity index (χ3n) is 5.00. The number of carbonyl (C=O) groups is 2. The number of piperazine rings is 1. The van der Waals surface area contributed by atoms with E-state index in [0.717, 1.165) is 36.5 Å². The van der Waals surface area contributed by atoms with Crippen LogP contribution in [0.5, 0.6) is 5.75 Å². The first-order valence-electron chi connectivity index (χ1n) is 9.63. The molecule has 0 spiro atoms. The summed E-state index contributed by atoms with van der Waals surface area (Å²) in [6.45, 7) is 3.13. The largest absolute Gasteiger partial charge is 0.497 e. The van der Waals surface area contributed by atoms with Crippen LogP contribution in [0, 0.1) is 0 Å². The number of alkyl halides is 3. The lowest BCUT2D eigenvalue weighted by Crippen LogP contribution is -2.47. The van der Waals surface area contributed by atoms with Gasteiger partial charge in [0.2, 0.25) is 0 Å². The van der Waals surface area contributed by atoms with Gasteiger partial charge in [0, 0.05) is 37.8 Å². The number of hydrogen-bond acceptors (Lipinski definition) is 5. The minimum Gasteiger partial charge on any atom is -0.497 e. The number of carbonyl (C=O) groups excluding carboxylic acids is 2. The van der Waals surface area contributed by atoms with Gasteiger partial charge in [-0.05, 0) is 35.4 Å². The fourth-order valence-electron chi connectivity index (χ4n) is 3.34. The Bertz CT molecular complexity index is 902. The molecule has 1 atom stereocenters. The number of benzene rings is 2. The van der Waals surface area contributed by atoms with Gasteiger partial charge in [-0.3, -0.25) is 25.3 Å². The Kier molecular flexibility index (Phi) is 7.13. The number of hydrazine groups is 1. The number of methoxy groups -OCH3 is 1.